The summed E-state index contributed by atoms with van der Waals surface area (Å²) in [5.74, 6) is -1.25. The lowest BCUT2D eigenvalue weighted by Crippen LogP contribution is -2.40. The average molecular weight is 281 g/mol. The fourth-order valence-electron chi connectivity index (χ4n) is 2.46. The molecule has 0 aromatic carbocycles. The molecule has 1 fully saturated rings. The van der Waals surface area contributed by atoms with Gasteiger partial charge in [0.2, 0.25) is 5.91 Å². The van der Waals surface area contributed by atoms with Crippen molar-refractivity contribution in [2.75, 3.05) is 13.1 Å². The van der Waals surface area contributed by atoms with Crippen molar-refractivity contribution in [3.8, 4) is 0 Å². The third-order valence-corrected chi connectivity index (χ3v) is 3.58. The SMILES string of the molecule is CC(C(=O)N1CCCCC1)n1nnc(C(=O)O)c1CN. The van der Waals surface area contributed by atoms with Crippen LogP contribution in [0.2, 0.25) is 0 Å². The molecule has 3 N–H and O–H groups in total. The van der Waals surface area contributed by atoms with Crippen LogP contribution in [-0.2, 0) is 11.3 Å². The Bertz CT molecular complexity index is 507. The number of amides is 1. The van der Waals surface area contributed by atoms with Gasteiger partial charge in [-0.1, -0.05) is 5.21 Å². The molecule has 1 aliphatic heterocycles. The van der Waals surface area contributed by atoms with E-state index in [1.165, 1.54) is 4.68 Å². The fraction of sp³-hybridized carbons (Fsp3) is 0.667. The second-order valence-corrected chi connectivity index (χ2v) is 4.90. The third-order valence-electron chi connectivity index (χ3n) is 3.58. The van der Waals surface area contributed by atoms with Crippen LogP contribution in [0.5, 0.6) is 0 Å². The van der Waals surface area contributed by atoms with Crippen LogP contribution in [0.15, 0.2) is 0 Å². The molecule has 0 bridgehead atoms. The molecule has 2 rings (SSSR count). The summed E-state index contributed by atoms with van der Waals surface area (Å²) in [7, 11) is 0. The van der Waals surface area contributed by atoms with Crippen LogP contribution in [0.3, 0.4) is 0 Å². The summed E-state index contributed by atoms with van der Waals surface area (Å²) in [6.45, 7) is 3.14. The largest absolute Gasteiger partial charge is 0.476 e. The van der Waals surface area contributed by atoms with Crippen LogP contribution in [-0.4, -0.2) is 50.0 Å². The Labute approximate surface area is 116 Å². The molecular formula is C12H19N5O3. The molecule has 1 aliphatic rings. The Morgan fingerprint density at radius 2 is 2.00 bits per heavy atom. The first-order valence-corrected chi connectivity index (χ1v) is 6.72. The first-order chi connectivity index (χ1) is 9.56. The first-order valence-electron chi connectivity index (χ1n) is 6.72. The first kappa shape index (κ1) is 14.4. The van der Waals surface area contributed by atoms with Crippen molar-refractivity contribution in [1.29, 1.82) is 0 Å². The molecule has 0 aliphatic carbocycles. The highest BCUT2D eigenvalue weighted by Gasteiger charge is 2.28. The van der Waals surface area contributed by atoms with Crippen LogP contribution in [0.25, 0.3) is 0 Å². The Morgan fingerprint density at radius 1 is 1.35 bits per heavy atom. The van der Waals surface area contributed by atoms with E-state index in [9.17, 15) is 9.59 Å². The molecule has 1 aromatic heterocycles. The molecule has 1 aromatic rings. The summed E-state index contributed by atoms with van der Waals surface area (Å²) < 4.78 is 1.32. The molecule has 20 heavy (non-hydrogen) atoms. The third kappa shape index (κ3) is 2.64. The second kappa shape index (κ2) is 6.00. The molecule has 110 valence electrons. The maximum absolute atomic E-state index is 12.4. The zero-order chi connectivity index (χ0) is 14.7. The Morgan fingerprint density at radius 3 is 2.55 bits per heavy atom. The molecule has 1 amide bonds. The Hall–Kier alpha value is -1.96. The molecule has 1 atom stereocenters. The normalized spacial score (nSPS) is 17.0. The molecule has 0 saturated carbocycles. The van der Waals surface area contributed by atoms with Gasteiger partial charge in [0.15, 0.2) is 5.69 Å². The standard InChI is InChI=1S/C12H19N5O3/c1-8(11(18)16-5-3-2-4-6-16)17-9(7-13)10(12(19)20)14-15-17/h8H,2-7,13H2,1H3,(H,19,20). The lowest BCUT2D eigenvalue weighted by molar-refractivity contribution is -0.135. The number of carboxylic acids is 1. The van der Waals surface area contributed by atoms with Crippen molar-refractivity contribution >= 4 is 11.9 Å². The van der Waals surface area contributed by atoms with Gasteiger partial charge in [0.1, 0.15) is 6.04 Å². The second-order valence-electron chi connectivity index (χ2n) is 4.90. The predicted octanol–water partition coefficient (Wildman–Crippen LogP) is 0.00850. The number of aromatic nitrogens is 3. The van der Waals surface area contributed by atoms with Gasteiger partial charge in [-0.3, -0.25) is 4.79 Å². The van der Waals surface area contributed by atoms with Gasteiger partial charge in [-0.15, -0.1) is 5.10 Å². The summed E-state index contributed by atoms with van der Waals surface area (Å²) in [6.07, 6.45) is 3.14. The number of hydrogen-bond acceptors (Lipinski definition) is 5. The maximum Gasteiger partial charge on any atom is 0.358 e. The predicted molar refractivity (Wildman–Crippen MR) is 70.0 cm³/mol. The number of likely N-dealkylation sites (tertiary alicyclic amines) is 1. The van der Waals surface area contributed by atoms with E-state index in [-0.39, 0.29) is 23.8 Å². The zero-order valence-electron chi connectivity index (χ0n) is 11.4. The smallest absolute Gasteiger partial charge is 0.358 e. The average Bonchev–Trinajstić information content (AvgIpc) is 2.90. The number of carbonyl (C=O) groups is 2. The van der Waals surface area contributed by atoms with Gasteiger partial charge in [-0.25, -0.2) is 9.48 Å². The monoisotopic (exact) mass is 281 g/mol. The highest BCUT2D eigenvalue weighted by molar-refractivity contribution is 5.87. The van der Waals surface area contributed by atoms with Crippen molar-refractivity contribution in [1.82, 2.24) is 19.9 Å². The van der Waals surface area contributed by atoms with E-state index in [1.54, 1.807) is 11.8 Å². The summed E-state index contributed by atoms with van der Waals surface area (Å²) >= 11 is 0. The van der Waals surface area contributed by atoms with Gasteiger partial charge in [0.25, 0.3) is 0 Å². The lowest BCUT2D eigenvalue weighted by atomic mass is 10.1. The fourth-order valence-corrected chi connectivity index (χ4v) is 2.46. The van der Waals surface area contributed by atoms with Crippen LogP contribution < -0.4 is 5.73 Å². The number of carboxylic acid groups (broad SMARTS) is 1. The highest BCUT2D eigenvalue weighted by atomic mass is 16.4. The van der Waals surface area contributed by atoms with Crippen LogP contribution in [0.1, 0.15) is 48.4 Å². The Balaban J connectivity index is 2.21. The summed E-state index contributed by atoms with van der Waals surface area (Å²) in [4.78, 5) is 25.2. The number of hydrogen-bond donors (Lipinski definition) is 2. The molecular weight excluding hydrogens is 262 g/mol. The minimum Gasteiger partial charge on any atom is -0.476 e. The summed E-state index contributed by atoms with van der Waals surface area (Å²) in [5, 5.41) is 16.4. The van der Waals surface area contributed by atoms with Crippen LogP contribution in [0, 0.1) is 0 Å². The molecule has 0 radical (unpaired) electrons. The molecule has 2 heterocycles. The molecule has 1 unspecified atom stereocenters. The van der Waals surface area contributed by atoms with Gasteiger partial charge >= 0.3 is 5.97 Å². The van der Waals surface area contributed by atoms with Crippen molar-refractivity contribution in [2.45, 2.75) is 38.8 Å². The summed E-state index contributed by atoms with van der Waals surface area (Å²) in [5.41, 5.74) is 5.65. The number of piperidine rings is 1. The van der Waals surface area contributed by atoms with Crippen molar-refractivity contribution in [2.24, 2.45) is 5.73 Å². The van der Waals surface area contributed by atoms with Gasteiger partial charge < -0.3 is 15.7 Å². The minimum atomic E-state index is -1.19. The molecule has 0 spiro atoms. The number of aromatic carboxylic acids is 1. The van der Waals surface area contributed by atoms with Gasteiger partial charge in [-0.05, 0) is 26.2 Å². The van der Waals surface area contributed by atoms with E-state index in [2.05, 4.69) is 10.3 Å². The number of rotatable bonds is 4. The zero-order valence-corrected chi connectivity index (χ0v) is 11.4. The van der Waals surface area contributed by atoms with E-state index >= 15 is 0 Å². The lowest BCUT2D eigenvalue weighted by Gasteiger charge is -2.29. The van der Waals surface area contributed by atoms with E-state index in [0.717, 1.165) is 32.4 Å². The van der Waals surface area contributed by atoms with Gasteiger partial charge in [0.05, 0.1) is 5.69 Å². The quantitative estimate of drug-likeness (QED) is 0.803. The van der Waals surface area contributed by atoms with Crippen LogP contribution in [0.4, 0.5) is 0 Å². The van der Waals surface area contributed by atoms with Crippen molar-refractivity contribution < 1.29 is 14.7 Å². The minimum absolute atomic E-state index is 0.0216. The molecule has 8 nitrogen and oxygen atoms in total. The van der Waals surface area contributed by atoms with Gasteiger partial charge in [-0.2, -0.15) is 0 Å². The number of carbonyl (C=O) groups excluding carboxylic acids is 1. The van der Waals surface area contributed by atoms with Gasteiger partial charge in [0, 0.05) is 19.6 Å². The topological polar surface area (TPSA) is 114 Å². The van der Waals surface area contributed by atoms with E-state index in [4.69, 9.17) is 10.8 Å². The Kier molecular flexibility index (Phi) is 4.33. The number of nitrogens with two attached hydrogens (primary N) is 1. The van der Waals surface area contributed by atoms with E-state index in [0.29, 0.717) is 0 Å². The summed E-state index contributed by atoms with van der Waals surface area (Å²) in [6, 6.07) is -0.591. The van der Waals surface area contributed by atoms with E-state index < -0.39 is 12.0 Å². The number of nitrogens with zero attached hydrogens (tertiary/aromatic N) is 4. The highest BCUT2D eigenvalue weighted by Crippen LogP contribution is 2.17. The van der Waals surface area contributed by atoms with Crippen molar-refractivity contribution in [3.63, 3.8) is 0 Å². The van der Waals surface area contributed by atoms with Crippen molar-refractivity contribution in [3.05, 3.63) is 11.4 Å². The van der Waals surface area contributed by atoms with Crippen LogP contribution >= 0.6 is 0 Å². The molecule has 1 saturated heterocycles. The molecule has 8 heteroatoms. The maximum atomic E-state index is 12.4. The van der Waals surface area contributed by atoms with E-state index in [1.807, 2.05) is 0 Å².